The zero-order chi connectivity index (χ0) is 16.9. The Morgan fingerprint density at radius 1 is 1.21 bits per heavy atom. The Kier molecular flexibility index (Phi) is 3.57. The summed E-state index contributed by atoms with van der Waals surface area (Å²) in [6.07, 6.45) is 0.864. The van der Waals surface area contributed by atoms with E-state index < -0.39 is 5.72 Å². The number of hydrogen-bond donors (Lipinski definition) is 0. The highest BCUT2D eigenvalue weighted by Crippen LogP contribution is 2.47. The molecule has 2 aromatic rings. The first-order valence-corrected chi connectivity index (χ1v) is 8.77. The smallest absolute Gasteiger partial charge is 0.192 e. The van der Waals surface area contributed by atoms with Gasteiger partial charge in [-0.2, -0.15) is 5.10 Å². The fourth-order valence-corrected chi connectivity index (χ4v) is 3.77. The molecule has 4 rings (SSSR count). The minimum Gasteiger partial charge on any atom is -0.497 e. The summed E-state index contributed by atoms with van der Waals surface area (Å²) in [4.78, 5) is 0. The topological polar surface area (TPSA) is 34.1 Å². The molecule has 0 saturated heterocycles. The summed E-state index contributed by atoms with van der Waals surface area (Å²) in [6.45, 7) is 4.12. The molecule has 2 aromatic carbocycles. The molecule has 2 aliphatic rings. The monoisotopic (exact) mass is 386 g/mol. The summed E-state index contributed by atoms with van der Waals surface area (Å²) in [7, 11) is 1.68. The van der Waals surface area contributed by atoms with Crippen LogP contribution in [-0.4, -0.2) is 23.6 Å². The Balaban J connectivity index is 1.73. The molecule has 1 atom stereocenters. The van der Waals surface area contributed by atoms with E-state index >= 15 is 0 Å². The lowest BCUT2D eigenvalue weighted by Gasteiger charge is -2.43. The van der Waals surface area contributed by atoms with Crippen molar-refractivity contribution in [3.05, 3.63) is 58.1 Å². The summed E-state index contributed by atoms with van der Waals surface area (Å²) in [6, 6.07) is 14.4. The molecule has 124 valence electrons. The van der Waals surface area contributed by atoms with Gasteiger partial charge in [-0.05, 0) is 61.9 Å². The third-order valence-electron chi connectivity index (χ3n) is 4.58. The lowest BCUT2D eigenvalue weighted by atomic mass is 9.95. The van der Waals surface area contributed by atoms with Gasteiger partial charge in [0.05, 0.1) is 18.9 Å². The van der Waals surface area contributed by atoms with Crippen molar-refractivity contribution >= 4 is 21.6 Å². The van der Waals surface area contributed by atoms with Crippen LogP contribution in [-0.2, 0) is 0 Å². The van der Waals surface area contributed by atoms with E-state index in [0.29, 0.717) is 0 Å². The van der Waals surface area contributed by atoms with E-state index in [0.717, 1.165) is 33.7 Å². The predicted octanol–water partition coefficient (Wildman–Crippen LogP) is 4.74. The van der Waals surface area contributed by atoms with Gasteiger partial charge in [-0.25, -0.2) is 5.01 Å². The largest absolute Gasteiger partial charge is 0.497 e. The molecule has 0 aromatic heterocycles. The van der Waals surface area contributed by atoms with Crippen LogP contribution in [0.3, 0.4) is 0 Å². The summed E-state index contributed by atoms with van der Waals surface area (Å²) in [5, 5.41) is 6.97. The molecule has 0 radical (unpaired) electrons. The molecule has 0 fully saturated rings. The molecule has 4 nitrogen and oxygen atoms in total. The molecule has 1 unspecified atom stereocenters. The van der Waals surface area contributed by atoms with Crippen molar-refractivity contribution < 1.29 is 9.47 Å². The number of benzene rings is 2. The van der Waals surface area contributed by atoms with Crippen LogP contribution in [0.4, 0.5) is 0 Å². The molecule has 0 amide bonds. The molecular weight excluding hydrogens is 368 g/mol. The van der Waals surface area contributed by atoms with E-state index in [9.17, 15) is 0 Å². The van der Waals surface area contributed by atoms with Crippen molar-refractivity contribution in [2.24, 2.45) is 5.10 Å². The number of hydrogen-bond acceptors (Lipinski definition) is 4. The SMILES string of the molecule is COc1ccc(C2=NN3C(C2)c2cc(Br)ccc2OC3(C)C)cc1. The standard InChI is InChI=1S/C19H19BrN2O2/c1-19(2)22-17(15-10-13(20)6-9-18(15)24-19)11-16(21-22)12-4-7-14(23-3)8-5-12/h4-10,17H,11H2,1-3H3. The van der Waals surface area contributed by atoms with Gasteiger partial charge < -0.3 is 9.47 Å². The van der Waals surface area contributed by atoms with E-state index in [4.69, 9.17) is 14.6 Å². The van der Waals surface area contributed by atoms with Gasteiger partial charge in [0.1, 0.15) is 11.5 Å². The van der Waals surface area contributed by atoms with Crippen LogP contribution in [0.1, 0.15) is 37.4 Å². The highest BCUT2D eigenvalue weighted by atomic mass is 79.9. The first kappa shape index (κ1) is 15.5. The number of hydrazone groups is 1. The second-order valence-corrected chi connectivity index (χ2v) is 7.49. The molecule has 0 saturated carbocycles. The van der Waals surface area contributed by atoms with Crippen LogP contribution in [0.15, 0.2) is 52.0 Å². The number of halogens is 1. The lowest BCUT2D eigenvalue weighted by molar-refractivity contribution is -0.0911. The highest BCUT2D eigenvalue weighted by molar-refractivity contribution is 9.10. The van der Waals surface area contributed by atoms with Gasteiger partial charge in [0.2, 0.25) is 0 Å². The Bertz CT molecular complexity index is 815. The summed E-state index contributed by atoms with van der Waals surface area (Å²) >= 11 is 3.57. The molecule has 0 N–H and O–H groups in total. The number of fused-ring (bicyclic) bond motifs is 3. The predicted molar refractivity (Wildman–Crippen MR) is 97.6 cm³/mol. The summed E-state index contributed by atoms with van der Waals surface area (Å²) in [5.74, 6) is 1.80. The van der Waals surface area contributed by atoms with Crippen molar-refractivity contribution in [2.75, 3.05) is 7.11 Å². The molecular formula is C19H19BrN2O2. The van der Waals surface area contributed by atoms with Gasteiger partial charge in [0.25, 0.3) is 0 Å². The van der Waals surface area contributed by atoms with Crippen molar-refractivity contribution in [1.82, 2.24) is 5.01 Å². The van der Waals surface area contributed by atoms with E-state index in [2.05, 4.69) is 53.0 Å². The maximum absolute atomic E-state index is 6.19. The lowest BCUT2D eigenvalue weighted by Crippen LogP contribution is -2.48. The van der Waals surface area contributed by atoms with Crippen LogP contribution in [0, 0.1) is 0 Å². The molecule has 2 heterocycles. The Hall–Kier alpha value is -2.01. The zero-order valence-electron chi connectivity index (χ0n) is 13.9. The van der Waals surface area contributed by atoms with Gasteiger partial charge in [-0.1, -0.05) is 15.9 Å². The van der Waals surface area contributed by atoms with Gasteiger partial charge in [-0.15, -0.1) is 0 Å². The average Bonchev–Trinajstić information content (AvgIpc) is 3.02. The van der Waals surface area contributed by atoms with Crippen LogP contribution >= 0.6 is 15.9 Å². The first-order chi connectivity index (χ1) is 11.5. The Morgan fingerprint density at radius 2 is 1.96 bits per heavy atom. The van der Waals surface area contributed by atoms with Crippen LogP contribution in [0.2, 0.25) is 0 Å². The average molecular weight is 387 g/mol. The van der Waals surface area contributed by atoms with Crippen molar-refractivity contribution in [1.29, 1.82) is 0 Å². The fraction of sp³-hybridized carbons (Fsp3) is 0.316. The van der Waals surface area contributed by atoms with E-state index in [1.54, 1.807) is 7.11 Å². The number of methoxy groups -OCH3 is 1. The van der Waals surface area contributed by atoms with E-state index in [1.807, 2.05) is 24.3 Å². The Morgan fingerprint density at radius 3 is 2.67 bits per heavy atom. The third-order valence-corrected chi connectivity index (χ3v) is 5.07. The summed E-state index contributed by atoms with van der Waals surface area (Å²) < 4.78 is 12.5. The molecule has 24 heavy (non-hydrogen) atoms. The van der Waals surface area contributed by atoms with Crippen LogP contribution in [0.5, 0.6) is 11.5 Å². The van der Waals surface area contributed by atoms with Crippen molar-refractivity contribution in [2.45, 2.75) is 32.0 Å². The number of nitrogens with zero attached hydrogens (tertiary/aromatic N) is 2. The van der Waals surface area contributed by atoms with Gasteiger partial charge in [0, 0.05) is 16.5 Å². The molecule has 5 heteroatoms. The minimum absolute atomic E-state index is 0.193. The maximum Gasteiger partial charge on any atom is 0.192 e. The second kappa shape index (κ2) is 5.52. The maximum atomic E-state index is 6.19. The Labute approximate surface area is 150 Å². The van der Waals surface area contributed by atoms with Crippen molar-refractivity contribution in [3.63, 3.8) is 0 Å². The molecule has 0 bridgehead atoms. The highest BCUT2D eigenvalue weighted by Gasteiger charge is 2.44. The zero-order valence-corrected chi connectivity index (χ0v) is 15.5. The van der Waals surface area contributed by atoms with Crippen LogP contribution in [0.25, 0.3) is 0 Å². The van der Waals surface area contributed by atoms with E-state index in [-0.39, 0.29) is 6.04 Å². The molecule has 0 aliphatic carbocycles. The number of ether oxygens (including phenoxy) is 2. The second-order valence-electron chi connectivity index (χ2n) is 6.57. The molecule has 2 aliphatic heterocycles. The summed E-state index contributed by atoms with van der Waals surface area (Å²) in [5.41, 5.74) is 2.90. The van der Waals surface area contributed by atoms with E-state index in [1.165, 1.54) is 5.56 Å². The fourth-order valence-electron chi connectivity index (χ4n) is 3.40. The van der Waals surface area contributed by atoms with Gasteiger partial charge >= 0.3 is 0 Å². The first-order valence-electron chi connectivity index (χ1n) is 7.97. The number of rotatable bonds is 2. The third kappa shape index (κ3) is 2.47. The van der Waals surface area contributed by atoms with Gasteiger partial charge in [0.15, 0.2) is 5.72 Å². The molecule has 0 spiro atoms. The van der Waals surface area contributed by atoms with Crippen LogP contribution < -0.4 is 9.47 Å². The quantitative estimate of drug-likeness (QED) is 0.747. The minimum atomic E-state index is -0.473. The van der Waals surface area contributed by atoms with Crippen molar-refractivity contribution in [3.8, 4) is 11.5 Å². The normalized spacial score (nSPS) is 20.8. The van der Waals surface area contributed by atoms with Gasteiger partial charge in [-0.3, -0.25) is 0 Å².